The first-order valence-corrected chi connectivity index (χ1v) is 3.59. The number of nitrogens with zero attached hydrogens (tertiary/aromatic N) is 1. The third kappa shape index (κ3) is 3.72. The highest BCUT2D eigenvalue weighted by Gasteiger charge is 2.08. The monoisotopic (exact) mass is 157 g/mol. The van der Waals surface area contributed by atoms with Crippen LogP contribution in [0.4, 0.5) is 0 Å². The second-order valence-electron chi connectivity index (χ2n) is 2.16. The van der Waals surface area contributed by atoms with Crippen LogP contribution in [0.5, 0.6) is 0 Å². The number of nitrogens with two attached hydrogens (primary N) is 1. The molecular formula is C7H13N2O2. The molecule has 2 N–H and O–H groups in total. The van der Waals surface area contributed by atoms with Gasteiger partial charge in [-0.1, -0.05) is 6.92 Å². The fourth-order valence-corrected chi connectivity index (χ4v) is 0.769. The lowest BCUT2D eigenvalue weighted by atomic mass is 10.4. The molecule has 0 saturated heterocycles. The minimum Gasteiger partial charge on any atom is -0.334 e. The summed E-state index contributed by atoms with van der Waals surface area (Å²) in [7, 11) is 0. The summed E-state index contributed by atoms with van der Waals surface area (Å²) < 4.78 is 0. The summed E-state index contributed by atoms with van der Waals surface area (Å²) in [5.74, 6) is -0.199. The quantitative estimate of drug-likeness (QED) is 0.573. The molecule has 1 radical (unpaired) electrons. The van der Waals surface area contributed by atoms with Gasteiger partial charge in [0.2, 0.25) is 12.2 Å². The Labute approximate surface area is 66.4 Å². The van der Waals surface area contributed by atoms with Crippen LogP contribution in [-0.4, -0.2) is 36.7 Å². The van der Waals surface area contributed by atoms with Crippen LogP contribution in [0.15, 0.2) is 0 Å². The van der Waals surface area contributed by atoms with Gasteiger partial charge in [0.15, 0.2) is 0 Å². The molecule has 0 heterocycles. The van der Waals surface area contributed by atoms with Gasteiger partial charge in [-0.3, -0.25) is 9.59 Å². The molecule has 0 aliphatic heterocycles. The van der Waals surface area contributed by atoms with Gasteiger partial charge >= 0.3 is 0 Å². The van der Waals surface area contributed by atoms with Crippen molar-refractivity contribution in [3.63, 3.8) is 0 Å². The van der Waals surface area contributed by atoms with Gasteiger partial charge < -0.3 is 10.6 Å². The first-order valence-electron chi connectivity index (χ1n) is 3.59. The van der Waals surface area contributed by atoms with E-state index in [0.29, 0.717) is 6.54 Å². The molecule has 0 bridgehead atoms. The average molecular weight is 157 g/mol. The maximum absolute atomic E-state index is 10.9. The molecule has 0 unspecified atom stereocenters. The summed E-state index contributed by atoms with van der Waals surface area (Å²) >= 11 is 0. The van der Waals surface area contributed by atoms with Crippen LogP contribution in [0.3, 0.4) is 0 Å². The number of carbonyl (C=O) groups excluding carboxylic acids is 2. The van der Waals surface area contributed by atoms with E-state index in [9.17, 15) is 9.59 Å². The Kier molecular flexibility index (Phi) is 5.37. The Bertz CT molecular complexity index is 136. The van der Waals surface area contributed by atoms with Gasteiger partial charge in [-0.05, 0) is 6.42 Å². The number of hydrogen-bond acceptors (Lipinski definition) is 3. The van der Waals surface area contributed by atoms with E-state index in [4.69, 9.17) is 5.73 Å². The molecular weight excluding hydrogens is 144 g/mol. The molecule has 0 spiro atoms. The van der Waals surface area contributed by atoms with Gasteiger partial charge in [0, 0.05) is 6.54 Å². The van der Waals surface area contributed by atoms with Crippen molar-refractivity contribution < 1.29 is 9.59 Å². The molecule has 0 rings (SSSR count). The Morgan fingerprint density at radius 1 is 1.64 bits per heavy atom. The highest BCUT2D eigenvalue weighted by atomic mass is 16.2. The molecule has 63 valence electrons. The average Bonchev–Trinajstić information content (AvgIpc) is 2.03. The molecule has 0 saturated carbocycles. The van der Waals surface area contributed by atoms with Gasteiger partial charge in [-0.2, -0.15) is 0 Å². The third-order valence-electron chi connectivity index (χ3n) is 1.28. The van der Waals surface area contributed by atoms with Crippen LogP contribution in [0, 0.1) is 0 Å². The number of hydrogen-bond donors (Lipinski definition) is 1. The van der Waals surface area contributed by atoms with Crippen molar-refractivity contribution in [1.29, 1.82) is 0 Å². The number of carbonyl (C=O) groups is 1. The predicted molar refractivity (Wildman–Crippen MR) is 41.6 cm³/mol. The van der Waals surface area contributed by atoms with Crippen LogP contribution in [0.2, 0.25) is 0 Å². The molecule has 0 aromatic heterocycles. The zero-order valence-electron chi connectivity index (χ0n) is 6.67. The van der Waals surface area contributed by atoms with Crippen molar-refractivity contribution in [2.75, 3.05) is 19.6 Å². The van der Waals surface area contributed by atoms with E-state index < -0.39 is 0 Å². The van der Waals surface area contributed by atoms with Gasteiger partial charge in [0.1, 0.15) is 0 Å². The summed E-state index contributed by atoms with van der Waals surface area (Å²) in [6, 6.07) is 0. The Morgan fingerprint density at radius 2 is 2.27 bits per heavy atom. The standard InChI is InChI=1S/C7H13N2O2/c1-2-3-9(4-5-10)7(11)6-8/h2-4,6,8H2,1H3. The molecule has 0 aromatic rings. The maximum Gasteiger partial charge on any atom is 0.236 e. The van der Waals surface area contributed by atoms with Gasteiger partial charge in [-0.15, -0.1) is 0 Å². The van der Waals surface area contributed by atoms with Gasteiger partial charge in [-0.25, -0.2) is 0 Å². The summed E-state index contributed by atoms with van der Waals surface area (Å²) in [6.45, 7) is 2.50. The van der Waals surface area contributed by atoms with Crippen molar-refractivity contribution in [2.45, 2.75) is 13.3 Å². The summed E-state index contributed by atoms with van der Waals surface area (Å²) in [4.78, 5) is 22.3. The van der Waals surface area contributed by atoms with Gasteiger partial charge in [0.05, 0.1) is 13.1 Å². The Morgan fingerprint density at radius 3 is 2.64 bits per heavy atom. The van der Waals surface area contributed by atoms with Crippen LogP contribution in [0.25, 0.3) is 0 Å². The highest BCUT2D eigenvalue weighted by Crippen LogP contribution is 1.89. The lowest BCUT2D eigenvalue weighted by Crippen LogP contribution is -2.37. The van der Waals surface area contributed by atoms with E-state index >= 15 is 0 Å². The minimum absolute atomic E-state index is 0.0316. The maximum atomic E-state index is 10.9. The van der Waals surface area contributed by atoms with Gasteiger partial charge in [0.25, 0.3) is 0 Å². The Hall–Kier alpha value is -0.900. The zero-order chi connectivity index (χ0) is 8.69. The van der Waals surface area contributed by atoms with Crippen LogP contribution < -0.4 is 5.73 Å². The molecule has 0 atom stereocenters. The molecule has 0 aliphatic carbocycles. The topological polar surface area (TPSA) is 63.4 Å². The van der Waals surface area contributed by atoms with E-state index in [0.717, 1.165) is 6.42 Å². The predicted octanol–water partition coefficient (Wildman–Crippen LogP) is -0.707. The van der Waals surface area contributed by atoms with Crippen molar-refractivity contribution in [3.05, 3.63) is 0 Å². The number of amides is 1. The molecule has 1 amide bonds. The fourth-order valence-electron chi connectivity index (χ4n) is 0.769. The minimum atomic E-state index is -0.199. The lowest BCUT2D eigenvalue weighted by Gasteiger charge is -2.17. The SMILES string of the molecule is CCCN(C[C]=O)C(=O)CN. The molecule has 11 heavy (non-hydrogen) atoms. The third-order valence-corrected chi connectivity index (χ3v) is 1.28. The van der Waals surface area contributed by atoms with Crippen LogP contribution >= 0.6 is 0 Å². The first-order chi connectivity index (χ1) is 5.26. The number of rotatable bonds is 5. The summed E-state index contributed by atoms with van der Waals surface area (Å²) in [5, 5.41) is 0. The summed E-state index contributed by atoms with van der Waals surface area (Å²) in [5.41, 5.74) is 5.11. The zero-order valence-corrected chi connectivity index (χ0v) is 6.67. The lowest BCUT2D eigenvalue weighted by molar-refractivity contribution is -0.129. The van der Waals surface area contributed by atoms with E-state index in [1.165, 1.54) is 4.90 Å². The van der Waals surface area contributed by atoms with E-state index in [1.54, 1.807) is 6.29 Å². The van der Waals surface area contributed by atoms with E-state index in [2.05, 4.69) is 0 Å². The molecule has 4 heteroatoms. The van der Waals surface area contributed by atoms with Crippen LogP contribution in [-0.2, 0) is 9.59 Å². The molecule has 4 nitrogen and oxygen atoms in total. The molecule has 0 fully saturated rings. The Balaban J connectivity index is 3.86. The van der Waals surface area contributed by atoms with Crippen molar-refractivity contribution in [1.82, 2.24) is 4.90 Å². The second-order valence-corrected chi connectivity index (χ2v) is 2.16. The van der Waals surface area contributed by atoms with Crippen molar-refractivity contribution in [3.8, 4) is 0 Å². The van der Waals surface area contributed by atoms with E-state index in [1.807, 2.05) is 6.92 Å². The molecule has 0 aromatic carbocycles. The smallest absolute Gasteiger partial charge is 0.236 e. The second kappa shape index (κ2) is 5.85. The normalized spacial score (nSPS) is 9.27. The molecule has 0 aliphatic rings. The van der Waals surface area contributed by atoms with Crippen molar-refractivity contribution in [2.24, 2.45) is 5.73 Å². The first kappa shape index (κ1) is 10.1. The fraction of sp³-hybridized carbons (Fsp3) is 0.714. The van der Waals surface area contributed by atoms with E-state index in [-0.39, 0.29) is 19.0 Å². The largest absolute Gasteiger partial charge is 0.334 e. The van der Waals surface area contributed by atoms with Crippen LogP contribution in [0.1, 0.15) is 13.3 Å². The summed E-state index contributed by atoms with van der Waals surface area (Å²) in [6.07, 6.45) is 2.49. The van der Waals surface area contributed by atoms with Crippen molar-refractivity contribution >= 4 is 12.2 Å². The highest BCUT2D eigenvalue weighted by molar-refractivity contribution is 5.80.